The molecule has 300 valence electrons. The molecule has 0 radical (unpaired) electrons. The van der Waals surface area contributed by atoms with Crippen LogP contribution in [0, 0.1) is 0 Å². The van der Waals surface area contributed by atoms with Gasteiger partial charge in [-0.1, -0.05) is 164 Å². The number of oxazole rings is 1. The first kappa shape index (κ1) is 37.2. The molecular formula is C61H40N2O. The van der Waals surface area contributed by atoms with Crippen LogP contribution in [0.5, 0.6) is 0 Å². The van der Waals surface area contributed by atoms with Crippen LogP contribution in [-0.2, 0) is 0 Å². The minimum Gasteiger partial charge on any atom is -0.435 e. The number of para-hydroxylation sites is 1. The van der Waals surface area contributed by atoms with Crippen LogP contribution in [0.1, 0.15) is 0 Å². The molecular weight excluding hydrogens is 777 g/mol. The summed E-state index contributed by atoms with van der Waals surface area (Å²) in [5.74, 6) is 0.628. The second-order valence-electron chi connectivity index (χ2n) is 16.4. The largest absolute Gasteiger partial charge is 0.435 e. The smallest absolute Gasteiger partial charge is 0.227 e. The van der Waals surface area contributed by atoms with Crippen molar-refractivity contribution in [1.29, 1.82) is 0 Å². The Labute approximate surface area is 371 Å². The van der Waals surface area contributed by atoms with Gasteiger partial charge in [0, 0.05) is 27.7 Å². The number of hydrogen-bond donors (Lipinski definition) is 0. The Morgan fingerprint density at radius 3 is 1.45 bits per heavy atom. The second kappa shape index (κ2) is 15.7. The van der Waals surface area contributed by atoms with Gasteiger partial charge in [0.25, 0.3) is 0 Å². The summed E-state index contributed by atoms with van der Waals surface area (Å²) in [6.45, 7) is 0. The van der Waals surface area contributed by atoms with Crippen molar-refractivity contribution in [2.24, 2.45) is 0 Å². The van der Waals surface area contributed by atoms with Crippen LogP contribution in [0.4, 0.5) is 17.1 Å². The van der Waals surface area contributed by atoms with Gasteiger partial charge in [0.2, 0.25) is 5.89 Å². The summed E-state index contributed by atoms with van der Waals surface area (Å²) in [5.41, 5.74) is 15.4. The number of fused-ring (bicyclic) bond motifs is 5. The minimum absolute atomic E-state index is 0.628. The lowest BCUT2D eigenvalue weighted by molar-refractivity contribution is 0.623. The normalized spacial score (nSPS) is 11.4. The number of aromatic nitrogens is 1. The molecule has 1 aromatic heterocycles. The Morgan fingerprint density at radius 1 is 0.297 bits per heavy atom. The molecule has 12 aromatic rings. The van der Waals surface area contributed by atoms with E-state index >= 15 is 0 Å². The van der Waals surface area contributed by atoms with E-state index in [1.165, 1.54) is 60.5 Å². The van der Waals surface area contributed by atoms with E-state index in [4.69, 9.17) is 9.40 Å². The highest BCUT2D eigenvalue weighted by Gasteiger charge is 2.18. The molecule has 0 aliphatic heterocycles. The van der Waals surface area contributed by atoms with Crippen LogP contribution in [0.2, 0.25) is 0 Å². The molecule has 0 saturated carbocycles. The standard InChI is InChI=1S/C61H40N2O/c1-4-12-41(13-5-1)43-20-22-45(23-21-43)61-62-58-35-31-52-38-50(30-34-57(52)60(58)64-61)49-27-26-47-36-46(24-25-48(47)37-49)44-28-32-55(33-29-44)63(54-17-8-3-9-18-54)59-40-53(42-14-6-2-7-15-42)39-51-16-10-11-19-56(51)59/h1-40H. The minimum atomic E-state index is 0.628. The maximum absolute atomic E-state index is 6.44. The third kappa shape index (κ3) is 6.86. The second-order valence-corrected chi connectivity index (χ2v) is 16.4. The van der Waals surface area contributed by atoms with E-state index in [1.807, 2.05) is 6.07 Å². The third-order valence-corrected chi connectivity index (χ3v) is 12.4. The van der Waals surface area contributed by atoms with Crippen molar-refractivity contribution in [2.45, 2.75) is 0 Å². The lowest BCUT2D eigenvalue weighted by atomic mass is 9.96. The quantitative estimate of drug-likeness (QED) is 0.153. The molecule has 64 heavy (non-hydrogen) atoms. The molecule has 0 atom stereocenters. The van der Waals surface area contributed by atoms with E-state index < -0.39 is 0 Å². The van der Waals surface area contributed by atoms with Gasteiger partial charge in [-0.2, -0.15) is 0 Å². The van der Waals surface area contributed by atoms with Gasteiger partial charge in [0.1, 0.15) is 5.52 Å². The highest BCUT2D eigenvalue weighted by molar-refractivity contribution is 6.05. The molecule has 0 amide bonds. The van der Waals surface area contributed by atoms with Crippen molar-refractivity contribution < 1.29 is 4.42 Å². The summed E-state index contributed by atoms with van der Waals surface area (Å²) in [6, 6.07) is 86.8. The predicted molar refractivity (Wildman–Crippen MR) is 268 cm³/mol. The van der Waals surface area contributed by atoms with E-state index in [9.17, 15) is 0 Å². The van der Waals surface area contributed by atoms with Gasteiger partial charge < -0.3 is 9.32 Å². The van der Waals surface area contributed by atoms with Crippen LogP contribution >= 0.6 is 0 Å². The summed E-state index contributed by atoms with van der Waals surface area (Å²) in [7, 11) is 0. The number of anilines is 3. The van der Waals surface area contributed by atoms with E-state index in [-0.39, 0.29) is 0 Å². The van der Waals surface area contributed by atoms with Gasteiger partial charge in [0.15, 0.2) is 5.58 Å². The van der Waals surface area contributed by atoms with Gasteiger partial charge >= 0.3 is 0 Å². The van der Waals surface area contributed by atoms with E-state index in [2.05, 4.69) is 241 Å². The van der Waals surface area contributed by atoms with Gasteiger partial charge in [-0.15, -0.1) is 0 Å². The summed E-state index contributed by atoms with van der Waals surface area (Å²) >= 11 is 0. The Kier molecular flexibility index (Phi) is 9.16. The molecule has 3 heteroatoms. The van der Waals surface area contributed by atoms with Crippen LogP contribution in [-0.4, -0.2) is 4.98 Å². The predicted octanol–water partition coefficient (Wildman–Crippen LogP) is 17.1. The average molecular weight is 817 g/mol. The maximum atomic E-state index is 6.44. The van der Waals surface area contributed by atoms with E-state index in [0.29, 0.717) is 5.89 Å². The molecule has 0 spiro atoms. The molecule has 0 fully saturated rings. The lowest BCUT2D eigenvalue weighted by Gasteiger charge is -2.28. The average Bonchev–Trinajstić information content (AvgIpc) is 3.82. The SMILES string of the molecule is c1ccc(-c2ccc(-c3nc4ccc5cc(-c6ccc7cc(-c8ccc(N(c9ccccc9)c9cc(-c%10ccccc%10)cc%10ccccc9%10)cc8)ccc7c6)ccc5c4o3)cc2)cc1. The zero-order chi connectivity index (χ0) is 42.4. The molecule has 0 saturated heterocycles. The Balaban J connectivity index is 0.833. The molecule has 12 rings (SSSR count). The van der Waals surface area contributed by atoms with Crippen molar-refractivity contribution in [2.75, 3.05) is 4.90 Å². The fourth-order valence-electron chi connectivity index (χ4n) is 9.14. The van der Waals surface area contributed by atoms with Crippen molar-refractivity contribution in [3.05, 3.63) is 243 Å². The van der Waals surface area contributed by atoms with Crippen molar-refractivity contribution >= 4 is 60.5 Å². The Hall–Kier alpha value is -8.53. The molecule has 11 aromatic carbocycles. The van der Waals surface area contributed by atoms with Gasteiger partial charge in [-0.3, -0.25) is 0 Å². The first-order valence-electron chi connectivity index (χ1n) is 21.8. The van der Waals surface area contributed by atoms with Crippen LogP contribution in [0.25, 0.3) is 99.4 Å². The first-order valence-corrected chi connectivity index (χ1v) is 21.8. The number of benzene rings is 11. The molecule has 1 heterocycles. The maximum Gasteiger partial charge on any atom is 0.227 e. The molecule has 0 unspecified atom stereocenters. The van der Waals surface area contributed by atoms with Gasteiger partial charge in [-0.25, -0.2) is 4.98 Å². The summed E-state index contributed by atoms with van der Waals surface area (Å²) in [4.78, 5) is 7.25. The molecule has 0 aliphatic carbocycles. The summed E-state index contributed by atoms with van der Waals surface area (Å²) < 4.78 is 6.44. The fraction of sp³-hybridized carbons (Fsp3) is 0. The zero-order valence-electron chi connectivity index (χ0n) is 34.9. The summed E-state index contributed by atoms with van der Waals surface area (Å²) in [6.07, 6.45) is 0. The van der Waals surface area contributed by atoms with Crippen LogP contribution in [0.3, 0.4) is 0 Å². The number of hydrogen-bond acceptors (Lipinski definition) is 3. The van der Waals surface area contributed by atoms with Crippen molar-refractivity contribution in [3.63, 3.8) is 0 Å². The highest BCUT2D eigenvalue weighted by Crippen LogP contribution is 2.42. The van der Waals surface area contributed by atoms with E-state index in [1.54, 1.807) is 0 Å². The van der Waals surface area contributed by atoms with Gasteiger partial charge in [-0.05, 0) is 145 Å². The Bertz CT molecular complexity index is 3630. The molecule has 0 bridgehead atoms. The monoisotopic (exact) mass is 816 g/mol. The van der Waals surface area contributed by atoms with Crippen molar-refractivity contribution in [1.82, 2.24) is 4.98 Å². The number of nitrogens with zero attached hydrogens (tertiary/aromatic N) is 2. The highest BCUT2D eigenvalue weighted by atomic mass is 16.3. The Morgan fingerprint density at radius 2 is 0.750 bits per heavy atom. The van der Waals surface area contributed by atoms with Crippen LogP contribution < -0.4 is 4.90 Å². The lowest BCUT2D eigenvalue weighted by Crippen LogP contribution is -2.10. The fourth-order valence-corrected chi connectivity index (χ4v) is 9.14. The van der Waals surface area contributed by atoms with Gasteiger partial charge in [0.05, 0.1) is 5.69 Å². The third-order valence-electron chi connectivity index (χ3n) is 12.4. The zero-order valence-corrected chi connectivity index (χ0v) is 34.9. The molecule has 3 nitrogen and oxygen atoms in total. The summed E-state index contributed by atoms with van der Waals surface area (Å²) in [5, 5.41) is 6.99. The molecule has 0 aliphatic rings. The number of rotatable bonds is 8. The van der Waals surface area contributed by atoms with Crippen molar-refractivity contribution in [3.8, 4) is 56.0 Å². The van der Waals surface area contributed by atoms with E-state index in [0.717, 1.165) is 50.1 Å². The van der Waals surface area contributed by atoms with Crippen LogP contribution in [0.15, 0.2) is 247 Å². The molecule has 0 N–H and O–H groups in total. The topological polar surface area (TPSA) is 29.3 Å². The first-order chi connectivity index (χ1) is 31.7.